The van der Waals surface area contributed by atoms with Crippen molar-refractivity contribution in [1.82, 2.24) is 5.32 Å². The number of hydrogen-bond donors (Lipinski definition) is 2. The van der Waals surface area contributed by atoms with Gasteiger partial charge in [-0.15, -0.1) is 0 Å². The van der Waals surface area contributed by atoms with E-state index >= 15 is 0 Å². The van der Waals surface area contributed by atoms with Crippen molar-refractivity contribution in [2.24, 2.45) is 0 Å². The first-order valence-corrected chi connectivity index (χ1v) is 7.65. The van der Waals surface area contributed by atoms with Crippen molar-refractivity contribution in [3.05, 3.63) is 0 Å². The lowest BCUT2D eigenvalue weighted by atomic mass is 10.2. The van der Waals surface area contributed by atoms with E-state index in [1.54, 1.807) is 0 Å². The van der Waals surface area contributed by atoms with E-state index in [0.717, 1.165) is 19.3 Å². The van der Waals surface area contributed by atoms with Crippen LogP contribution in [0.2, 0.25) is 0 Å². The Kier molecular flexibility index (Phi) is 11.5. The summed E-state index contributed by atoms with van der Waals surface area (Å²) >= 11 is 0. The molecule has 22 heavy (non-hydrogen) atoms. The van der Waals surface area contributed by atoms with Crippen molar-refractivity contribution in [2.45, 2.75) is 52.1 Å². The maximum Gasteiger partial charge on any atom is 0.407 e. The number of carbonyl (C=O) groups excluding carboxylic acids is 1. The lowest BCUT2D eigenvalue weighted by Crippen LogP contribution is -2.34. The Morgan fingerprint density at radius 3 is 2.09 bits per heavy atom. The third-order valence-corrected chi connectivity index (χ3v) is 2.45. The average Bonchev–Trinajstić information content (AvgIpc) is 2.37. The highest BCUT2D eigenvalue weighted by Gasteiger charge is 2.15. The molecule has 0 bridgehead atoms. The molecule has 0 aliphatic carbocycles. The second-order valence-electron chi connectivity index (χ2n) is 5.86. The maximum absolute atomic E-state index is 11.3. The Morgan fingerprint density at radius 1 is 0.955 bits per heavy atom. The van der Waals surface area contributed by atoms with Gasteiger partial charge in [-0.1, -0.05) is 0 Å². The fourth-order valence-electron chi connectivity index (χ4n) is 1.49. The van der Waals surface area contributed by atoms with E-state index in [4.69, 9.17) is 19.3 Å². The number of alkyl carbamates (subject to hydrolysis) is 1. The van der Waals surface area contributed by atoms with E-state index < -0.39 is 17.7 Å². The normalized spacial score (nSPS) is 11.2. The van der Waals surface area contributed by atoms with E-state index in [0.29, 0.717) is 26.4 Å². The van der Waals surface area contributed by atoms with Crippen LogP contribution in [0.3, 0.4) is 0 Å². The lowest BCUT2D eigenvalue weighted by Gasteiger charge is -2.19. The van der Waals surface area contributed by atoms with Crippen molar-refractivity contribution < 1.29 is 28.9 Å². The van der Waals surface area contributed by atoms with Crippen LogP contribution in [0.5, 0.6) is 0 Å². The third kappa shape index (κ3) is 16.7. The molecule has 1 amide bonds. The lowest BCUT2D eigenvalue weighted by molar-refractivity contribution is -0.138. The molecule has 0 aliphatic rings. The van der Waals surface area contributed by atoms with Crippen molar-refractivity contribution in [3.8, 4) is 0 Å². The average molecular weight is 319 g/mol. The minimum Gasteiger partial charge on any atom is -0.481 e. The van der Waals surface area contributed by atoms with Gasteiger partial charge < -0.3 is 24.6 Å². The van der Waals surface area contributed by atoms with Gasteiger partial charge in [0.25, 0.3) is 0 Å². The number of carbonyl (C=O) groups is 2. The summed E-state index contributed by atoms with van der Waals surface area (Å²) in [4.78, 5) is 21.6. The molecule has 0 aromatic heterocycles. The fourth-order valence-corrected chi connectivity index (χ4v) is 1.49. The Balaban J connectivity index is 3.21. The molecule has 7 nitrogen and oxygen atoms in total. The summed E-state index contributed by atoms with van der Waals surface area (Å²) in [6, 6.07) is 0. The van der Waals surface area contributed by atoms with Crippen LogP contribution in [0.1, 0.15) is 46.5 Å². The minimum atomic E-state index is -0.839. The van der Waals surface area contributed by atoms with Crippen LogP contribution in [0.25, 0.3) is 0 Å². The van der Waals surface area contributed by atoms with Gasteiger partial charge in [0.2, 0.25) is 0 Å². The van der Waals surface area contributed by atoms with E-state index in [1.807, 2.05) is 20.8 Å². The summed E-state index contributed by atoms with van der Waals surface area (Å²) in [5.41, 5.74) is -0.489. The van der Waals surface area contributed by atoms with Gasteiger partial charge in [-0.2, -0.15) is 0 Å². The van der Waals surface area contributed by atoms with Crippen LogP contribution in [0.15, 0.2) is 0 Å². The van der Waals surface area contributed by atoms with Crippen molar-refractivity contribution in [2.75, 3.05) is 33.0 Å². The van der Waals surface area contributed by atoms with Gasteiger partial charge in [-0.3, -0.25) is 4.79 Å². The number of rotatable bonds is 12. The molecule has 0 fully saturated rings. The number of unbranched alkanes of at least 4 members (excludes halogenated alkanes) is 2. The van der Waals surface area contributed by atoms with Gasteiger partial charge in [0.15, 0.2) is 0 Å². The number of amides is 1. The second-order valence-corrected chi connectivity index (χ2v) is 5.86. The Morgan fingerprint density at radius 2 is 1.55 bits per heavy atom. The SMILES string of the molecule is CC(C)(C)OC(=O)NCCOCCCCCOCCC(=O)O. The van der Waals surface area contributed by atoms with Gasteiger partial charge in [0, 0.05) is 19.8 Å². The molecule has 0 spiro atoms. The first kappa shape index (κ1) is 20.7. The van der Waals surface area contributed by atoms with Crippen molar-refractivity contribution >= 4 is 12.1 Å². The van der Waals surface area contributed by atoms with E-state index in [1.165, 1.54) is 0 Å². The Labute approximate surface area is 132 Å². The molecule has 0 rings (SSSR count). The highest BCUT2D eigenvalue weighted by atomic mass is 16.6. The van der Waals surface area contributed by atoms with E-state index in [-0.39, 0.29) is 13.0 Å². The molecule has 0 aromatic rings. The van der Waals surface area contributed by atoms with Gasteiger partial charge in [-0.25, -0.2) is 4.79 Å². The highest BCUT2D eigenvalue weighted by Crippen LogP contribution is 2.06. The number of aliphatic carboxylic acids is 1. The molecule has 7 heteroatoms. The largest absolute Gasteiger partial charge is 0.481 e. The van der Waals surface area contributed by atoms with Gasteiger partial charge in [-0.05, 0) is 40.0 Å². The summed E-state index contributed by atoms with van der Waals surface area (Å²) in [6.45, 7) is 7.79. The molecular weight excluding hydrogens is 290 g/mol. The topological polar surface area (TPSA) is 94.1 Å². The summed E-state index contributed by atoms with van der Waals surface area (Å²) < 4.78 is 15.6. The van der Waals surface area contributed by atoms with Crippen LogP contribution in [0.4, 0.5) is 4.79 Å². The van der Waals surface area contributed by atoms with Crippen molar-refractivity contribution in [1.29, 1.82) is 0 Å². The first-order valence-electron chi connectivity index (χ1n) is 7.65. The molecule has 0 aromatic carbocycles. The fraction of sp³-hybridized carbons (Fsp3) is 0.867. The number of hydrogen-bond acceptors (Lipinski definition) is 5. The molecule has 0 saturated carbocycles. The van der Waals surface area contributed by atoms with Crippen LogP contribution in [0, 0.1) is 0 Å². The second kappa shape index (κ2) is 12.2. The van der Waals surface area contributed by atoms with Gasteiger partial charge in [0.1, 0.15) is 5.60 Å². The monoisotopic (exact) mass is 319 g/mol. The first-order chi connectivity index (χ1) is 10.3. The van der Waals surface area contributed by atoms with Gasteiger partial charge in [0.05, 0.1) is 19.6 Å². The Bertz CT molecular complexity index is 314. The smallest absolute Gasteiger partial charge is 0.407 e. The zero-order chi connectivity index (χ0) is 16.8. The molecule has 130 valence electrons. The minimum absolute atomic E-state index is 0.0494. The summed E-state index contributed by atoms with van der Waals surface area (Å²) in [6.07, 6.45) is 2.38. The van der Waals surface area contributed by atoms with Crippen LogP contribution < -0.4 is 5.32 Å². The summed E-state index contributed by atoms with van der Waals surface area (Å²) in [7, 11) is 0. The zero-order valence-corrected chi connectivity index (χ0v) is 13.9. The number of carboxylic acids is 1. The van der Waals surface area contributed by atoms with Gasteiger partial charge >= 0.3 is 12.1 Å². The molecule has 2 N–H and O–H groups in total. The Hall–Kier alpha value is -1.34. The maximum atomic E-state index is 11.3. The standard InChI is InChI=1S/C15H29NO6/c1-15(2,3)22-14(19)16-8-12-21-10-6-4-5-9-20-11-7-13(17)18/h4-12H2,1-3H3,(H,16,19)(H,17,18). The number of nitrogens with one attached hydrogen (secondary N) is 1. The van der Waals surface area contributed by atoms with Crippen molar-refractivity contribution in [3.63, 3.8) is 0 Å². The molecule has 0 radical (unpaired) electrons. The predicted octanol–water partition coefficient (Wildman–Crippen LogP) is 2.19. The van der Waals surface area contributed by atoms with Crippen LogP contribution >= 0.6 is 0 Å². The third-order valence-electron chi connectivity index (χ3n) is 2.45. The number of carboxylic acid groups (broad SMARTS) is 1. The molecule has 0 atom stereocenters. The molecule has 0 unspecified atom stereocenters. The van der Waals surface area contributed by atoms with E-state index in [9.17, 15) is 9.59 Å². The molecule has 0 aliphatic heterocycles. The van der Waals surface area contributed by atoms with E-state index in [2.05, 4.69) is 5.32 Å². The quantitative estimate of drug-likeness (QED) is 0.536. The molecule has 0 heterocycles. The van der Waals surface area contributed by atoms with Crippen LogP contribution in [-0.2, 0) is 19.0 Å². The number of ether oxygens (including phenoxy) is 3. The summed E-state index contributed by atoms with van der Waals surface area (Å²) in [5.74, 6) is -0.839. The molecule has 0 saturated heterocycles. The zero-order valence-electron chi connectivity index (χ0n) is 13.9. The predicted molar refractivity (Wildman–Crippen MR) is 82.0 cm³/mol. The molecular formula is C15H29NO6. The highest BCUT2D eigenvalue weighted by molar-refractivity contribution is 5.67. The van der Waals surface area contributed by atoms with Crippen LogP contribution in [-0.4, -0.2) is 55.7 Å². The summed E-state index contributed by atoms with van der Waals surface area (Å²) in [5, 5.41) is 11.0.